The van der Waals surface area contributed by atoms with E-state index in [-0.39, 0.29) is 17.6 Å². The number of thioether (sulfide) groups is 1. The van der Waals surface area contributed by atoms with E-state index in [1.165, 1.54) is 35.7 Å². The van der Waals surface area contributed by atoms with E-state index in [1.54, 1.807) is 18.2 Å². The van der Waals surface area contributed by atoms with Crippen molar-refractivity contribution in [2.75, 3.05) is 11.2 Å². The van der Waals surface area contributed by atoms with Crippen LogP contribution in [0.5, 0.6) is 5.88 Å². The number of rotatable bonds is 2. The van der Waals surface area contributed by atoms with E-state index < -0.39 is 6.23 Å². The summed E-state index contributed by atoms with van der Waals surface area (Å²) < 4.78 is 20.4. The molecular formula is C19H14BrFN4O2S. The molecule has 1 aliphatic rings. The molecule has 1 aliphatic heterocycles. The van der Waals surface area contributed by atoms with E-state index in [2.05, 4.69) is 31.1 Å². The Morgan fingerprint density at radius 3 is 2.64 bits per heavy atom. The van der Waals surface area contributed by atoms with E-state index in [4.69, 9.17) is 4.74 Å². The van der Waals surface area contributed by atoms with Gasteiger partial charge in [-0.15, -0.1) is 10.2 Å². The normalized spacial score (nSPS) is 15.3. The van der Waals surface area contributed by atoms with Crippen molar-refractivity contribution in [1.29, 1.82) is 0 Å². The molecule has 0 spiro atoms. The molecule has 1 unspecified atom stereocenters. The quantitative estimate of drug-likeness (QED) is 0.520. The Morgan fingerprint density at radius 1 is 1.21 bits per heavy atom. The molecule has 0 bridgehead atoms. The van der Waals surface area contributed by atoms with E-state index in [0.29, 0.717) is 27.7 Å². The minimum atomic E-state index is -0.828. The van der Waals surface area contributed by atoms with Crippen LogP contribution in [-0.2, 0) is 4.79 Å². The Morgan fingerprint density at radius 2 is 1.96 bits per heavy atom. The smallest absolute Gasteiger partial charge is 0.247 e. The van der Waals surface area contributed by atoms with Crippen LogP contribution in [0.2, 0.25) is 0 Å². The van der Waals surface area contributed by atoms with Crippen LogP contribution in [0.3, 0.4) is 0 Å². The lowest BCUT2D eigenvalue weighted by molar-refractivity contribution is -0.118. The molecule has 1 amide bonds. The van der Waals surface area contributed by atoms with Crippen LogP contribution < -0.4 is 9.64 Å². The van der Waals surface area contributed by atoms with Gasteiger partial charge in [0.2, 0.25) is 23.2 Å². The summed E-state index contributed by atoms with van der Waals surface area (Å²) in [4.78, 5) is 18.6. The third kappa shape index (κ3) is 3.35. The molecule has 0 N–H and O–H groups in total. The number of carbonyl (C=O) groups excluding carboxylic acids is 1. The van der Waals surface area contributed by atoms with Crippen LogP contribution in [0.15, 0.2) is 52.1 Å². The lowest BCUT2D eigenvalue weighted by Gasteiger charge is -2.29. The zero-order chi connectivity index (χ0) is 19.8. The molecule has 4 rings (SSSR count). The number of fused-ring (bicyclic) bond motifs is 3. The number of amides is 1. The summed E-state index contributed by atoms with van der Waals surface area (Å²) in [5, 5.41) is 8.85. The fraction of sp³-hybridized carbons (Fsp3) is 0.158. The Labute approximate surface area is 173 Å². The predicted molar refractivity (Wildman–Crippen MR) is 108 cm³/mol. The average Bonchev–Trinajstić information content (AvgIpc) is 2.82. The number of nitrogens with zero attached hydrogens (tertiary/aromatic N) is 4. The van der Waals surface area contributed by atoms with Gasteiger partial charge in [-0.25, -0.2) is 4.39 Å². The highest BCUT2D eigenvalue weighted by atomic mass is 79.9. The van der Waals surface area contributed by atoms with Gasteiger partial charge < -0.3 is 4.74 Å². The molecule has 28 heavy (non-hydrogen) atoms. The Bertz CT molecular complexity index is 1060. The number of anilines is 1. The van der Waals surface area contributed by atoms with Crippen molar-refractivity contribution in [3.8, 4) is 17.1 Å². The van der Waals surface area contributed by atoms with Gasteiger partial charge in [0.15, 0.2) is 5.69 Å². The molecule has 0 fully saturated rings. The second kappa shape index (κ2) is 7.48. The van der Waals surface area contributed by atoms with Crippen molar-refractivity contribution < 1.29 is 13.9 Å². The largest absolute Gasteiger partial charge is 0.447 e. The van der Waals surface area contributed by atoms with Crippen molar-refractivity contribution in [2.24, 2.45) is 0 Å². The molecule has 0 radical (unpaired) electrons. The lowest BCUT2D eigenvalue weighted by Crippen LogP contribution is -2.36. The van der Waals surface area contributed by atoms with Crippen LogP contribution in [0.25, 0.3) is 11.3 Å². The maximum atomic E-state index is 13.5. The number of benzene rings is 2. The number of halogens is 2. The summed E-state index contributed by atoms with van der Waals surface area (Å²) in [6.07, 6.45) is 1.01. The topological polar surface area (TPSA) is 68.2 Å². The van der Waals surface area contributed by atoms with Gasteiger partial charge in [-0.2, -0.15) is 4.98 Å². The molecule has 142 valence electrons. The zero-order valence-corrected chi connectivity index (χ0v) is 17.3. The van der Waals surface area contributed by atoms with Gasteiger partial charge in [-0.3, -0.25) is 9.69 Å². The number of hydrogen-bond donors (Lipinski definition) is 0. The first kappa shape index (κ1) is 18.8. The zero-order valence-electron chi connectivity index (χ0n) is 14.9. The van der Waals surface area contributed by atoms with E-state index >= 15 is 0 Å². The molecule has 9 heteroatoms. The van der Waals surface area contributed by atoms with Crippen molar-refractivity contribution >= 4 is 39.3 Å². The second-order valence-electron chi connectivity index (χ2n) is 6.02. The summed E-state index contributed by atoms with van der Waals surface area (Å²) in [5.74, 6) is -0.342. The van der Waals surface area contributed by atoms with Gasteiger partial charge in [-0.1, -0.05) is 39.8 Å². The molecule has 3 aromatic rings. The Hall–Kier alpha value is -2.52. The van der Waals surface area contributed by atoms with Gasteiger partial charge in [0, 0.05) is 22.5 Å². The van der Waals surface area contributed by atoms with Crippen LogP contribution >= 0.6 is 27.7 Å². The number of carbonyl (C=O) groups is 1. The van der Waals surface area contributed by atoms with E-state index in [1.807, 2.05) is 18.4 Å². The molecular weight excluding hydrogens is 447 g/mol. The fourth-order valence-electron chi connectivity index (χ4n) is 3.01. The molecule has 2 heterocycles. The highest BCUT2D eigenvalue weighted by molar-refractivity contribution is 9.10. The number of aromatic nitrogens is 3. The molecule has 1 atom stereocenters. The molecule has 0 saturated heterocycles. The van der Waals surface area contributed by atoms with Crippen molar-refractivity contribution in [3.05, 3.63) is 58.3 Å². The second-order valence-corrected chi connectivity index (χ2v) is 7.71. The SMILES string of the molecule is CSc1nnc2c(n1)OC(c1ccc(F)cc1)N(C(C)=O)c1ccc(Br)cc1-2. The first-order valence-electron chi connectivity index (χ1n) is 8.28. The molecule has 1 aromatic heterocycles. The van der Waals surface area contributed by atoms with Gasteiger partial charge in [-0.05, 0) is 36.6 Å². The highest BCUT2D eigenvalue weighted by Crippen LogP contribution is 2.44. The van der Waals surface area contributed by atoms with E-state index in [9.17, 15) is 9.18 Å². The monoisotopic (exact) mass is 460 g/mol. The van der Waals surface area contributed by atoms with Gasteiger partial charge in [0.1, 0.15) is 5.82 Å². The molecule has 6 nitrogen and oxygen atoms in total. The van der Waals surface area contributed by atoms with Crippen LogP contribution in [0.1, 0.15) is 18.7 Å². The maximum absolute atomic E-state index is 13.5. The van der Waals surface area contributed by atoms with Crippen molar-refractivity contribution in [2.45, 2.75) is 18.3 Å². The highest BCUT2D eigenvalue weighted by Gasteiger charge is 2.34. The molecule has 0 aliphatic carbocycles. The van der Waals surface area contributed by atoms with Crippen LogP contribution in [0.4, 0.5) is 10.1 Å². The third-order valence-corrected chi connectivity index (χ3v) is 5.27. The van der Waals surface area contributed by atoms with Crippen molar-refractivity contribution in [1.82, 2.24) is 15.2 Å². The minimum Gasteiger partial charge on any atom is -0.447 e. The standard InChI is InChI=1S/C19H14BrFN4O2S/c1-10(26)25-15-8-5-12(20)9-14(15)16-17(22-19(28-2)24-23-16)27-18(25)11-3-6-13(21)7-4-11/h3-9,18H,1-2H3. The molecule has 2 aromatic carbocycles. The summed E-state index contributed by atoms with van der Waals surface area (Å²) in [6, 6.07) is 11.3. The summed E-state index contributed by atoms with van der Waals surface area (Å²) in [5.41, 5.74) is 2.32. The third-order valence-electron chi connectivity index (χ3n) is 4.24. The summed E-state index contributed by atoms with van der Waals surface area (Å²) in [7, 11) is 0. The number of hydrogen-bond acceptors (Lipinski definition) is 6. The van der Waals surface area contributed by atoms with Crippen molar-refractivity contribution in [3.63, 3.8) is 0 Å². The first-order valence-corrected chi connectivity index (χ1v) is 10.3. The average molecular weight is 461 g/mol. The predicted octanol–water partition coefficient (Wildman–Crippen LogP) is 4.61. The summed E-state index contributed by atoms with van der Waals surface area (Å²) >= 11 is 4.80. The van der Waals surface area contributed by atoms with Gasteiger partial charge in [0.05, 0.1) is 5.69 Å². The van der Waals surface area contributed by atoms with E-state index in [0.717, 1.165) is 4.47 Å². The lowest BCUT2D eigenvalue weighted by atomic mass is 10.1. The Kier molecular flexibility index (Phi) is 5.03. The number of ether oxygens (including phenoxy) is 1. The van der Waals surface area contributed by atoms with Gasteiger partial charge in [0.25, 0.3) is 0 Å². The Balaban J connectivity index is 1.98. The summed E-state index contributed by atoms with van der Waals surface area (Å²) in [6.45, 7) is 1.45. The maximum Gasteiger partial charge on any atom is 0.247 e. The minimum absolute atomic E-state index is 0.233. The molecule has 0 saturated carbocycles. The van der Waals surface area contributed by atoms with Crippen LogP contribution in [0, 0.1) is 5.82 Å². The van der Waals surface area contributed by atoms with Crippen LogP contribution in [-0.4, -0.2) is 27.3 Å². The van der Waals surface area contributed by atoms with Gasteiger partial charge >= 0.3 is 0 Å². The fourth-order valence-corrected chi connectivity index (χ4v) is 3.67. The first-order chi connectivity index (χ1) is 13.5.